The molecule has 29 heavy (non-hydrogen) atoms. The number of carbonyl (C=O) groups is 1. The molecule has 7 heteroatoms. The molecule has 0 bridgehead atoms. The Kier molecular flexibility index (Phi) is 6.08. The van der Waals surface area contributed by atoms with Crippen molar-refractivity contribution in [1.29, 1.82) is 0 Å². The van der Waals surface area contributed by atoms with E-state index in [1.165, 1.54) is 19.3 Å². The molecule has 1 aromatic carbocycles. The Morgan fingerprint density at radius 1 is 1.31 bits per heavy atom. The summed E-state index contributed by atoms with van der Waals surface area (Å²) >= 11 is 0. The van der Waals surface area contributed by atoms with E-state index >= 15 is 0 Å². The van der Waals surface area contributed by atoms with Crippen molar-refractivity contribution in [2.24, 2.45) is 0 Å². The van der Waals surface area contributed by atoms with Crippen LogP contribution in [0.4, 0.5) is 4.79 Å². The van der Waals surface area contributed by atoms with E-state index in [1.807, 2.05) is 38.5 Å². The fraction of sp³-hybridized carbons (Fsp3) is 0.591. The average molecular weight is 402 g/mol. The van der Waals surface area contributed by atoms with Gasteiger partial charge in [0.15, 0.2) is 0 Å². The predicted molar refractivity (Wildman–Crippen MR) is 112 cm³/mol. The summed E-state index contributed by atoms with van der Waals surface area (Å²) in [5.74, 6) is 0.546. The molecule has 3 heterocycles. The van der Waals surface area contributed by atoms with Crippen molar-refractivity contribution in [2.45, 2.75) is 31.2 Å². The van der Waals surface area contributed by atoms with Crippen LogP contribution in [0.1, 0.15) is 24.8 Å². The maximum atomic E-state index is 12.3. The number of rotatable bonds is 7. The number of nitrogens with one attached hydrogen (secondary N) is 1. The van der Waals surface area contributed by atoms with Gasteiger partial charge >= 0.3 is 6.16 Å². The number of nitrogens with zero attached hydrogens (tertiary/aromatic N) is 2. The lowest BCUT2D eigenvalue weighted by Gasteiger charge is -2.52. The summed E-state index contributed by atoms with van der Waals surface area (Å²) in [5.41, 5.74) is 2.27. The first-order valence-electron chi connectivity index (χ1n) is 10.5. The Bertz CT molecular complexity index is 844. The molecule has 1 spiro atoms. The lowest BCUT2D eigenvalue weighted by Crippen LogP contribution is -2.64. The number of carbonyl (C=O) groups excluding carboxylic acids is 1. The van der Waals surface area contributed by atoms with Gasteiger partial charge in [0.25, 0.3) is 0 Å². The smallest absolute Gasteiger partial charge is 0.433 e. The third kappa shape index (κ3) is 4.42. The van der Waals surface area contributed by atoms with Crippen molar-refractivity contribution in [3.63, 3.8) is 0 Å². The van der Waals surface area contributed by atoms with Gasteiger partial charge in [-0.05, 0) is 57.6 Å². The Balaban J connectivity index is 1.34. The monoisotopic (exact) mass is 401 g/mol. The lowest BCUT2D eigenvalue weighted by atomic mass is 9.85. The third-order valence-electron chi connectivity index (χ3n) is 6.08. The van der Waals surface area contributed by atoms with Gasteiger partial charge < -0.3 is 24.1 Å². The second-order valence-corrected chi connectivity index (χ2v) is 8.41. The average Bonchev–Trinajstić information content (AvgIpc) is 3.10. The molecule has 0 saturated carbocycles. The highest BCUT2D eigenvalue weighted by molar-refractivity contribution is 5.90. The van der Waals surface area contributed by atoms with E-state index in [0.29, 0.717) is 12.4 Å². The van der Waals surface area contributed by atoms with Crippen LogP contribution in [0.5, 0.6) is 5.75 Å². The number of hydrogen-bond donors (Lipinski definition) is 1. The third-order valence-corrected chi connectivity index (χ3v) is 6.08. The Morgan fingerprint density at radius 3 is 2.93 bits per heavy atom. The number of aromatic nitrogens is 1. The lowest BCUT2D eigenvalue weighted by molar-refractivity contribution is -0.158. The van der Waals surface area contributed by atoms with Gasteiger partial charge in [-0.1, -0.05) is 12.5 Å². The summed E-state index contributed by atoms with van der Waals surface area (Å²) in [5, 5.41) is 0.952. The minimum absolute atomic E-state index is 0.170. The van der Waals surface area contributed by atoms with Gasteiger partial charge in [-0.15, -0.1) is 0 Å². The van der Waals surface area contributed by atoms with Crippen LogP contribution in [0.25, 0.3) is 10.9 Å². The van der Waals surface area contributed by atoms with Crippen molar-refractivity contribution in [3.05, 3.63) is 30.0 Å². The number of benzene rings is 1. The maximum Gasteiger partial charge on any atom is 0.513 e. The van der Waals surface area contributed by atoms with E-state index < -0.39 is 6.16 Å². The van der Waals surface area contributed by atoms with E-state index in [9.17, 15) is 4.79 Å². The minimum atomic E-state index is -0.645. The van der Waals surface area contributed by atoms with Gasteiger partial charge in [-0.25, -0.2) is 4.79 Å². The van der Waals surface area contributed by atoms with Crippen molar-refractivity contribution in [3.8, 4) is 5.75 Å². The largest absolute Gasteiger partial charge is 0.513 e. The van der Waals surface area contributed by atoms with Gasteiger partial charge in [0.05, 0.1) is 18.8 Å². The highest BCUT2D eigenvalue weighted by Gasteiger charge is 2.45. The number of hydrogen-bond acceptors (Lipinski definition) is 6. The van der Waals surface area contributed by atoms with E-state index in [-0.39, 0.29) is 5.54 Å². The van der Waals surface area contributed by atoms with Crippen molar-refractivity contribution >= 4 is 17.1 Å². The van der Waals surface area contributed by atoms with Crippen LogP contribution < -0.4 is 4.74 Å². The molecule has 2 saturated heterocycles. The van der Waals surface area contributed by atoms with Crippen LogP contribution in [0.2, 0.25) is 0 Å². The second kappa shape index (κ2) is 8.73. The maximum absolute atomic E-state index is 12.3. The van der Waals surface area contributed by atoms with Crippen LogP contribution >= 0.6 is 0 Å². The molecule has 1 aromatic heterocycles. The second-order valence-electron chi connectivity index (χ2n) is 8.41. The quantitative estimate of drug-likeness (QED) is 0.568. The highest BCUT2D eigenvalue weighted by atomic mass is 16.7. The molecule has 2 aliphatic heterocycles. The first kappa shape index (κ1) is 20.2. The number of piperidine rings is 1. The zero-order valence-corrected chi connectivity index (χ0v) is 17.4. The molecule has 0 aliphatic carbocycles. The van der Waals surface area contributed by atoms with E-state index in [1.54, 1.807) is 0 Å². The Morgan fingerprint density at radius 2 is 2.17 bits per heavy atom. The number of likely N-dealkylation sites (N-methyl/N-ethyl adjacent to an activating group) is 1. The van der Waals surface area contributed by atoms with Gasteiger partial charge in [0.1, 0.15) is 12.4 Å². The molecule has 7 nitrogen and oxygen atoms in total. The van der Waals surface area contributed by atoms with E-state index in [4.69, 9.17) is 14.2 Å². The van der Waals surface area contributed by atoms with Gasteiger partial charge in [0, 0.05) is 30.2 Å². The number of H-pyrrole nitrogens is 1. The van der Waals surface area contributed by atoms with Crippen LogP contribution in [-0.2, 0) is 15.9 Å². The van der Waals surface area contributed by atoms with Crippen LogP contribution in [0, 0.1) is 0 Å². The first-order valence-corrected chi connectivity index (χ1v) is 10.5. The number of ether oxygens (including phenoxy) is 3. The molecule has 0 radical (unpaired) electrons. The zero-order chi connectivity index (χ0) is 20.3. The van der Waals surface area contributed by atoms with Gasteiger partial charge in [-0.2, -0.15) is 0 Å². The molecule has 0 atom stereocenters. The standard InChI is InChI=1S/C22H31N3O4/c1-24(2)11-8-17-14-23-18-6-5-7-19(20(17)18)29-21(26)28-13-12-25-10-4-3-9-22(25)15-27-16-22/h5-7,14,23H,3-4,8-13,15-16H2,1-2H3. The minimum Gasteiger partial charge on any atom is -0.433 e. The molecule has 2 fully saturated rings. The summed E-state index contributed by atoms with van der Waals surface area (Å²) < 4.78 is 16.4. The molecule has 4 rings (SSSR count). The number of likely N-dealkylation sites (tertiary alicyclic amines) is 1. The SMILES string of the molecule is CN(C)CCc1c[nH]c2cccc(OC(=O)OCCN3CCCCC34COC4)c12. The Hall–Kier alpha value is -2.09. The normalized spacial score (nSPS) is 18.9. The molecule has 1 N–H and O–H groups in total. The molecular weight excluding hydrogens is 370 g/mol. The number of aromatic amines is 1. The van der Waals surface area contributed by atoms with Gasteiger partial charge in [-0.3, -0.25) is 4.90 Å². The van der Waals surface area contributed by atoms with E-state index in [0.717, 1.165) is 55.7 Å². The van der Waals surface area contributed by atoms with Crippen molar-refractivity contribution in [2.75, 3.05) is 53.6 Å². The first-order chi connectivity index (χ1) is 14.1. The molecule has 0 amide bonds. The predicted octanol–water partition coefficient (Wildman–Crippen LogP) is 3.04. The molecule has 2 aliphatic rings. The fourth-order valence-electron chi connectivity index (χ4n) is 4.37. The highest BCUT2D eigenvalue weighted by Crippen LogP contribution is 2.34. The molecule has 2 aromatic rings. The van der Waals surface area contributed by atoms with Crippen molar-refractivity contribution in [1.82, 2.24) is 14.8 Å². The molecule has 0 unspecified atom stereocenters. The molecular formula is C22H31N3O4. The summed E-state index contributed by atoms with van der Waals surface area (Å²) in [7, 11) is 4.09. The van der Waals surface area contributed by atoms with Crippen LogP contribution in [-0.4, -0.2) is 80.0 Å². The van der Waals surface area contributed by atoms with Crippen molar-refractivity contribution < 1.29 is 19.0 Å². The van der Waals surface area contributed by atoms with E-state index in [2.05, 4.69) is 14.8 Å². The summed E-state index contributed by atoms with van der Waals surface area (Å²) in [6, 6.07) is 5.69. The topological polar surface area (TPSA) is 67.0 Å². The Labute approximate surface area is 171 Å². The summed E-state index contributed by atoms with van der Waals surface area (Å²) in [4.78, 5) is 20.2. The van der Waals surface area contributed by atoms with Crippen LogP contribution in [0.3, 0.4) is 0 Å². The molecule has 158 valence electrons. The fourth-order valence-corrected chi connectivity index (χ4v) is 4.37. The summed E-state index contributed by atoms with van der Waals surface area (Å²) in [6.07, 6.45) is 5.83. The zero-order valence-electron chi connectivity index (χ0n) is 17.4. The number of fused-ring (bicyclic) bond motifs is 1. The van der Waals surface area contributed by atoms with Gasteiger partial charge in [0.2, 0.25) is 0 Å². The summed E-state index contributed by atoms with van der Waals surface area (Å²) in [6.45, 7) is 4.61. The van der Waals surface area contributed by atoms with Crippen LogP contribution in [0.15, 0.2) is 24.4 Å².